The van der Waals surface area contributed by atoms with Crippen molar-refractivity contribution >= 4 is 23.4 Å². The molecule has 0 bridgehead atoms. The summed E-state index contributed by atoms with van der Waals surface area (Å²) in [5.41, 5.74) is 6.90. The highest BCUT2D eigenvalue weighted by Gasteiger charge is 2.21. The Morgan fingerprint density at radius 1 is 1.56 bits per heavy atom. The summed E-state index contributed by atoms with van der Waals surface area (Å²) in [4.78, 5) is 13.8. The molecule has 1 aliphatic rings. The van der Waals surface area contributed by atoms with Crippen molar-refractivity contribution < 1.29 is 9.90 Å². The van der Waals surface area contributed by atoms with Gasteiger partial charge < -0.3 is 15.7 Å². The SMILES string of the molecule is NC1CSc2ccccc2N(CC(=O)O)C1. The molecule has 1 aromatic rings. The van der Waals surface area contributed by atoms with Crippen LogP contribution in [-0.4, -0.2) is 36.0 Å². The standard InChI is InChI=1S/C11H14N2O2S/c12-8-5-13(6-11(14)15)9-3-1-2-4-10(9)16-7-8/h1-4,8H,5-7,12H2,(H,14,15). The van der Waals surface area contributed by atoms with Gasteiger partial charge in [0.05, 0.1) is 5.69 Å². The van der Waals surface area contributed by atoms with E-state index in [1.165, 1.54) is 0 Å². The molecule has 0 fully saturated rings. The molecule has 1 atom stereocenters. The van der Waals surface area contributed by atoms with Gasteiger partial charge in [-0.3, -0.25) is 4.79 Å². The third-order valence-corrected chi connectivity index (χ3v) is 3.69. The molecule has 3 N–H and O–H groups in total. The number of nitrogens with two attached hydrogens (primary N) is 1. The molecule has 4 nitrogen and oxygen atoms in total. The highest BCUT2D eigenvalue weighted by molar-refractivity contribution is 7.99. The molecule has 0 saturated heterocycles. The number of carboxylic acid groups (broad SMARTS) is 1. The van der Waals surface area contributed by atoms with Crippen LogP contribution in [-0.2, 0) is 4.79 Å². The van der Waals surface area contributed by atoms with Gasteiger partial charge >= 0.3 is 5.97 Å². The fourth-order valence-electron chi connectivity index (χ4n) is 1.78. The van der Waals surface area contributed by atoms with Crippen LogP contribution in [0.1, 0.15) is 0 Å². The summed E-state index contributed by atoms with van der Waals surface area (Å²) in [5.74, 6) is 0.00143. The Bertz CT molecular complexity index is 397. The fraction of sp³-hybridized carbons (Fsp3) is 0.364. The smallest absolute Gasteiger partial charge is 0.323 e. The second kappa shape index (κ2) is 4.76. The first kappa shape index (κ1) is 11.3. The van der Waals surface area contributed by atoms with Crippen LogP contribution in [0.4, 0.5) is 5.69 Å². The number of aliphatic carboxylic acids is 1. The van der Waals surface area contributed by atoms with Gasteiger partial charge in [0.2, 0.25) is 0 Å². The van der Waals surface area contributed by atoms with Gasteiger partial charge in [-0.15, -0.1) is 11.8 Å². The Balaban J connectivity index is 2.31. The number of carboxylic acids is 1. The third-order valence-electron chi connectivity index (χ3n) is 2.44. The van der Waals surface area contributed by atoms with E-state index in [1.807, 2.05) is 29.2 Å². The van der Waals surface area contributed by atoms with Gasteiger partial charge in [-0.25, -0.2) is 0 Å². The molecule has 1 unspecified atom stereocenters. The van der Waals surface area contributed by atoms with Crippen molar-refractivity contribution in [2.45, 2.75) is 10.9 Å². The van der Waals surface area contributed by atoms with Crippen LogP contribution in [0.25, 0.3) is 0 Å². The molecule has 1 aromatic carbocycles. The van der Waals surface area contributed by atoms with Crippen molar-refractivity contribution in [2.75, 3.05) is 23.7 Å². The summed E-state index contributed by atoms with van der Waals surface area (Å²) >= 11 is 1.69. The molecule has 0 spiro atoms. The molecule has 0 aromatic heterocycles. The lowest BCUT2D eigenvalue weighted by Gasteiger charge is -2.24. The van der Waals surface area contributed by atoms with Gasteiger partial charge in [0, 0.05) is 23.2 Å². The van der Waals surface area contributed by atoms with E-state index in [0.717, 1.165) is 16.3 Å². The van der Waals surface area contributed by atoms with E-state index in [0.29, 0.717) is 6.54 Å². The highest BCUT2D eigenvalue weighted by Crippen LogP contribution is 2.32. The normalized spacial score (nSPS) is 20.1. The van der Waals surface area contributed by atoms with E-state index in [9.17, 15) is 4.79 Å². The summed E-state index contributed by atoms with van der Waals surface area (Å²) in [6.07, 6.45) is 0. The van der Waals surface area contributed by atoms with Crippen molar-refractivity contribution in [3.05, 3.63) is 24.3 Å². The van der Waals surface area contributed by atoms with E-state index in [1.54, 1.807) is 11.8 Å². The van der Waals surface area contributed by atoms with Gasteiger partial charge in [-0.05, 0) is 12.1 Å². The first-order valence-electron chi connectivity index (χ1n) is 5.11. The number of benzene rings is 1. The minimum absolute atomic E-state index is 0.00523. The Kier molecular flexibility index (Phi) is 3.36. The zero-order valence-corrected chi connectivity index (χ0v) is 9.61. The minimum atomic E-state index is -0.825. The lowest BCUT2D eigenvalue weighted by atomic mass is 10.2. The van der Waals surface area contributed by atoms with Crippen molar-refractivity contribution in [3.8, 4) is 0 Å². The average Bonchev–Trinajstić information content (AvgIpc) is 2.39. The molecule has 0 amide bonds. The van der Waals surface area contributed by atoms with Crippen LogP contribution in [0.2, 0.25) is 0 Å². The van der Waals surface area contributed by atoms with Crippen LogP contribution >= 0.6 is 11.8 Å². The van der Waals surface area contributed by atoms with E-state index in [2.05, 4.69) is 0 Å². The zero-order chi connectivity index (χ0) is 11.5. The largest absolute Gasteiger partial charge is 0.480 e. The quantitative estimate of drug-likeness (QED) is 0.805. The lowest BCUT2D eigenvalue weighted by molar-refractivity contribution is -0.135. The second-order valence-corrected chi connectivity index (χ2v) is 4.87. The number of anilines is 1. The topological polar surface area (TPSA) is 66.6 Å². The number of hydrogen-bond acceptors (Lipinski definition) is 4. The predicted octanol–water partition coefficient (Wildman–Crippen LogP) is 1.01. The molecule has 1 aliphatic heterocycles. The first-order valence-corrected chi connectivity index (χ1v) is 6.09. The first-order chi connectivity index (χ1) is 7.66. The van der Waals surface area contributed by atoms with E-state index >= 15 is 0 Å². The maximum Gasteiger partial charge on any atom is 0.323 e. The molecule has 0 radical (unpaired) electrons. The number of carbonyl (C=O) groups is 1. The molecule has 86 valence electrons. The van der Waals surface area contributed by atoms with Crippen molar-refractivity contribution in [3.63, 3.8) is 0 Å². The summed E-state index contributed by atoms with van der Waals surface area (Å²) in [6, 6.07) is 7.85. The van der Waals surface area contributed by atoms with Crippen molar-refractivity contribution in [1.82, 2.24) is 0 Å². The van der Waals surface area contributed by atoms with Gasteiger partial charge in [-0.1, -0.05) is 12.1 Å². The molecule has 1 heterocycles. The lowest BCUT2D eigenvalue weighted by Crippen LogP contribution is -2.40. The number of nitrogens with zero attached hydrogens (tertiary/aromatic N) is 1. The van der Waals surface area contributed by atoms with Crippen LogP contribution in [0, 0.1) is 0 Å². The summed E-state index contributed by atoms with van der Waals surface area (Å²) < 4.78 is 0. The van der Waals surface area contributed by atoms with Crippen molar-refractivity contribution in [1.29, 1.82) is 0 Å². The number of rotatable bonds is 2. The number of hydrogen-bond donors (Lipinski definition) is 2. The minimum Gasteiger partial charge on any atom is -0.480 e. The van der Waals surface area contributed by atoms with E-state index < -0.39 is 5.97 Å². The van der Waals surface area contributed by atoms with Gasteiger partial charge in [0.15, 0.2) is 0 Å². The Labute approximate surface area is 98.4 Å². The van der Waals surface area contributed by atoms with Gasteiger partial charge in [0.1, 0.15) is 6.54 Å². The van der Waals surface area contributed by atoms with Gasteiger partial charge in [0.25, 0.3) is 0 Å². The van der Waals surface area contributed by atoms with Crippen LogP contribution < -0.4 is 10.6 Å². The summed E-state index contributed by atoms with van der Waals surface area (Å²) in [7, 11) is 0. The molecule has 5 heteroatoms. The molecule has 0 aliphatic carbocycles. The van der Waals surface area contributed by atoms with Gasteiger partial charge in [-0.2, -0.15) is 0 Å². The molecular formula is C11H14N2O2S. The Morgan fingerprint density at radius 3 is 3.06 bits per heavy atom. The monoisotopic (exact) mass is 238 g/mol. The molecular weight excluding hydrogens is 224 g/mol. The summed E-state index contributed by atoms with van der Waals surface area (Å²) in [6.45, 7) is 0.599. The maximum absolute atomic E-state index is 10.8. The van der Waals surface area contributed by atoms with Crippen LogP contribution in [0.15, 0.2) is 29.2 Å². The third kappa shape index (κ3) is 2.48. The Hall–Kier alpha value is -1.20. The molecule has 16 heavy (non-hydrogen) atoms. The van der Waals surface area contributed by atoms with E-state index in [-0.39, 0.29) is 12.6 Å². The average molecular weight is 238 g/mol. The maximum atomic E-state index is 10.8. The highest BCUT2D eigenvalue weighted by atomic mass is 32.2. The second-order valence-electron chi connectivity index (χ2n) is 3.81. The van der Waals surface area contributed by atoms with E-state index in [4.69, 9.17) is 10.8 Å². The number of para-hydroxylation sites is 1. The van der Waals surface area contributed by atoms with Crippen LogP contribution in [0.3, 0.4) is 0 Å². The van der Waals surface area contributed by atoms with Crippen LogP contribution in [0.5, 0.6) is 0 Å². The molecule has 0 saturated carbocycles. The number of thioether (sulfide) groups is 1. The zero-order valence-electron chi connectivity index (χ0n) is 8.80. The molecule has 2 rings (SSSR count). The number of fused-ring (bicyclic) bond motifs is 1. The summed E-state index contributed by atoms with van der Waals surface area (Å²) in [5, 5.41) is 8.88. The van der Waals surface area contributed by atoms with Crippen molar-refractivity contribution in [2.24, 2.45) is 5.73 Å². The predicted molar refractivity (Wildman–Crippen MR) is 65.0 cm³/mol. The fourth-order valence-corrected chi connectivity index (χ4v) is 2.80. The Morgan fingerprint density at radius 2 is 2.31 bits per heavy atom.